The number of anilines is 1. The van der Waals surface area contributed by atoms with Crippen molar-refractivity contribution in [3.8, 4) is 5.75 Å². The molecule has 2 saturated heterocycles. The van der Waals surface area contributed by atoms with E-state index in [1.807, 2.05) is 11.8 Å². The molecule has 1 aromatic rings. The van der Waals surface area contributed by atoms with Crippen LogP contribution in [-0.4, -0.2) is 29.8 Å². The molecule has 1 atom stereocenters. The summed E-state index contributed by atoms with van der Waals surface area (Å²) in [5, 5.41) is 0. The maximum absolute atomic E-state index is 13.8. The van der Waals surface area contributed by atoms with Crippen LogP contribution in [0.5, 0.6) is 5.75 Å². The maximum atomic E-state index is 13.8. The molecule has 2 N–H and O–H groups in total. The quantitative estimate of drug-likeness (QED) is 0.851. The Morgan fingerprint density at radius 1 is 1.35 bits per heavy atom. The lowest BCUT2D eigenvalue weighted by Crippen LogP contribution is -2.46. The standard InChI is InChI=1S/C15H20FNO2S/c16-12-2-1-3-13(17)14(12)19-11-4-7-18-15(10-11)5-8-20-9-6-15/h1-3,11H,4-10,17H2. The lowest BCUT2D eigenvalue weighted by Gasteiger charge is -2.43. The smallest absolute Gasteiger partial charge is 0.178 e. The number of ether oxygens (including phenoxy) is 2. The lowest BCUT2D eigenvalue weighted by molar-refractivity contribution is -0.116. The summed E-state index contributed by atoms with van der Waals surface area (Å²) in [7, 11) is 0. The van der Waals surface area contributed by atoms with Crippen molar-refractivity contribution in [1.82, 2.24) is 0 Å². The molecule has 3 rings (SSSR count). The fourth-order valence-corrected chi connectivity index (χ4v) is 4.23. The van der Waals surface area contributed by atoms with Gasteiger partial charge in [-0.15, -0.1) is 0 Å². The minimum atomic E-state index is -0.384. The van der Waals surface area contributed by atoms with E-state index in [2.05, 4.69) is 0 Å². The van der Waals surface area contributed by atoms with E-state index < -0.39 is 0 Å². The SMILES string of the molecule is Nc1cccc(F)c1OC1CCOC2(CCSCC2)C1. The summed E-state index contributed by atoms with van der Waals surface area (Å²) >= 11 is 1.97. The second-order valence-electron chi connectivity index (χ2n) is 5.53. The lowest BCUT2D eigenvalue weighted by atomic mass is 9.86. The van der Waals surface area contributed by atoms with Crippen LogP contribution in [-0.2, 0) is 4.74 Å². The van der Waals surface area contributed by atoms with Gasteiger partial charge in [-0.1, -0.05) is 6.07 Å². The molecule has 110 valence electrons. The number of nitrogen functional groups attached to an aromatic ring is 1. The van der Waals surface area contributed by atoms with Gasteiger partial charge >= 0.3 is 0 Å². The molecule has 1 aromatic carbocycles. The molecule has 0 aromatic heterocycles. The average Bonchev–Trinajstić information content (AvgIpc) is 2.44. The Balaban J connectivity index is 1.71. The van der Waals surface area contributed by atoms with Gasteiger partial charge in [-0.3, -0.25) is 0 Å². The van der Waals surface area contributed by atoms with Crippen molar-refractivity contribution in [2.45, 2.75) is 37.4 Å². The number of thioether (sulfide) groups is 1. The molecular weight excluding hydrogens is 277 g/mol. The Kier molecular flexibility index (Phi) is 4.08. The molecule has 0 amide bonds. The molecule has 0 radical (unpaired) electrons. The molecule has 0 bridgehead atoms. The first-order chi connectivity index (χ1) is 9.69. The number of rotatable bonds is 2. The largest absolute Gasteiger partial charge is 0.485 e. The first-order valence-electron chi connectivity index (χ1n) is 7.11. The van der Waals surface area contributed by atoms with Gasteiger partial charge < -0.3 is 15.2 Å². The highest BCUT2D eigenvalue weighted by atomic mass is 32.2. The van der Waals surface area contributed by atoms with Gasteiger partial charge in [-0.25, -0.2) is 4.39 Å². The van der Waals surface area contributed by atoms with E-state index in [4.69, 9.17) is 15.2 Å². The van der Waals surface area contributed by atoms with Crippen LogP contribution in [0, 0.1) is 5.82 Å². The number of benzene rings is 1. The summed E-state index contributed by atoms with van der Waals surface area (Å²) in [6.45, 7) is 0.684. The van der Waals surface area contributed by atoms with E-state index >= 15 is 0 Å². The summed E-state index contributed by atoms with van der Waals surface area (Å²) in [6.07, 6.45) is 3.74. The zero-order chi connectivity index (χ0) is 14.0. The van der Waals surface area contributed by atoms with E-state index in [-0.39, 0.29) is 23.3 Å². The molecular formula is C15H20FNO2S. The van der Waals surface area contributed by atoms with Crippen molar-refractivity contribution >= 4 is 17.4 Å². The molecule has 5 heteroatoms. The predicted molar refractivity (Wildman–Crippen MR) is 79.7 cm³/mol. The molecule has 2 fully saturated rings. The Bertz CT molecular complexity index is 451. The monoisotopic (exact) mass is 297 g/mol. The van der Waals surface area contributed by atoms with Crippen molar-refractivity contribution in [2.75, 3.05) is 23.8 Å². The fourth-order valence-electron chi connectivity index (χ4n) is 2.99. The van der Waals surface area contributed by atoms with Gasteiger partial charge in [0.05, 0.1) is 17.9 Å². The zero-order valence-electron chi connectivity index (χ0n) is 11.4. The van der Waals surface area contributed by atoms with Crippen LogP contribution in [0.2, 0.25) is 0 Å². The third kappa shape index (κ3) is 2.88. The highest BCUT2D eigenvalue weighted by Gasteiger charge is 2.39. The van der Waals surface area contributed by atoms with Crippen LogP contribution < -0.4 is 10.5 Å². The number of nitrogens with two attached hydrogens (primary N) is 1. The molecule has 2 aliphatic rings. The number of hydrogen-bond acceptors (Lipinski definition) is 4. The van der Waals surface area contributed by atoms with Crippen LogP contribution >= 0.6 is 11.8 Å². The molecule has 3 nitrogen and oxygen atoms in total. The Morgan fingerprint density at radius 3 is 2.90 bits per heavy atom. The summed E-state index contributed by atoms with van der Waals surface area (Å²) < 4.78 is 25.7. The average molecular weight is 297 g/mol. The van der Waals surface area contributed by atoms with Gasteiger partial charge in [0.2, 0.25) is 0 Å². The molecule has 0 saturated carbocycles. The molecule has 2 aliphatic heterocycles. The van der Waals surface area contributed by atoms with Gasteiger partial charge in [0.1, 0.15) is 6.10 Å². The van der Waals surface area contributed by atoms with Gasteiger partial charge in [0, 0.05) is 12.8 Å². The summed E-state index contributed by atoms with van der Waals surface area (Å²) in [6, 6.07) is 4.66. The van der Waals surface area contributed by atoms with Gasteiger partial charge in [-0.05, 0) is 36.5 Å². The Morgan fingerprint density at radius 2 is 2.15 bits per heavy atom. The van der Waals surface area contributed by atoms with Crippen molar-refractivity contribution < 1.29 is 13.9 Å². The fraction of sp³-hybridized carbons (Fsp3) is 0.600. The maximum Gasteiger partial charge on any atom is 0.178 e. The Hall–Kier alpha value is -0.940. The van der Waals surface area contributed by atoms with E-state index in [0.717, 1.165) is 37.2 Å². The van der Waals surface area contributed by atoms with Crippen molar-refractivity contribution in [1.29, 1.82) is 0 Å². The number of hydrogen-bond donors (Lipinski definition) is 1. The van der Waals surface area contributed by atoms with E-state index in [0.29, 0.717) is 12.3 Å². The molecule has 2 heterocycles. The van der Waals surface area contributed by atoms with E-state index in [1.165, 1.54) is 6.07 Å². The number of halogens is 1. The van der Waals surface area contributed by atoms with Gasteiger partial charge in [0.15, 0.2) is 11.6 Å². The normalized spacial score (nSPS) is 25.6. The van der Waals surface area contributed by atoms with Crippen LogP contribution in [0.1, 0.15) is 25.7 Å². The highest BCUT2D eigenvalue weighted by molar-refractivity contribution is 7.99. The highest BCUT2D eigenvalue weighted by Crippen LogP contribution is 2.39. The summed E-state index contributed by atoms with van der Waals surface area (Å²) in [5.41, 5.74) is 6.11. The Labute approximate surface area is 123 Å². The molecule has 1 spiro atoms. The minimum absolute atomic E-state index is 0.00829. The van der Waals surface area contributed by atoms with E-state index in [9.17, 15) is 4.39 Å². The first-order valence-corrected chi connectivity index (χ1v) is 8.26. The molecule has 20 heavy (non-hydrogen) atoms. The first kappa shape index (κ1) is 14.0. The van der Waals surface area contributed by atoms with Crippen LogP contribution in [0.4, 0.5) is 10.1 Å². The van der Waals surface area contributed by atoms with Crippen LogP contribution in [0.3, 0.4) is 0 Å². The molecule has 0 aliphatic carbocycles. The molecule has 1 unspecified atom stereocenters. The summed E-state index contributed by atoms with van der Waals surface area (Å²) in [4.78, 5) is 0. The summed E-state index contributed by atoms with van der Waals surface area (Å²) in [5.74, 6) is 2.08. The second-order valence-corrected chi connectivity index (χ2v) is 6.76. The van der Waals surface area contributed by atoms with Gasteiger partial charge in [-0.2, -0.15) is 11.8 Å². The second kappa shape index (κ2) is 5.82. The van der Waals surface area contributed by atoms with Crippen molar-refractivity contribution in [3.05, 3.63) is 24.0 Å². The predicted octanol–water partition coefficient (Wildman–Crippen LogP) is 3.23. The third-order valence-corrected chi connectivity index (χ3v) is 5.12. The van der Waals surface area contributed by atoms with Crippen LogP contribution in [0.15, 0.2) is 18.2 Å². The number of para-hydroxylation sites is 1. The van der Waals surface area contributed by atoms with Crippen molar-refractivity contribution in [3.63, 3.8) is 0 Å². The zero-order valence-corrected chi connectivity index (χ0v) is 12.3. The topological polar surface area (TPSA) is 44.5 Å². The van der Waals surface area contributed by atoms with Crippen LogP contribution in [0.25, 0.3) is 0 Å². The minimum Gasteiger partial charge on any atom is -0.485 e. The van der Waals surface area contributed by atoms with Crippen molar-refractivity contribution in [2.24, 2.45) is 0 Å². The van der Waals surface area contributed by atoms with Gasteiger partial charge in [0.25, 0.3) is 0 Å². The van der Waals surface area contributed by atoms with E-state index in [1.54, 1.807) is 12.1 Å². The third-order valence-electron chi connectivity index (χ3n) is 4.13.